The van der Waals surface area contributed by atoms with Gasteiger partial charge in [0.25, 0.3) is 5.91 Å². The number of thiazole rings is 1. The normalized spacial score (nSPS) is 10.4. The second-order valence-corrected chi connectivity index (χ2v) is 4.87. The van der Waals surface area contributed by atoms with E-state index in [1.54, 1.807) is 5.38 Å². The largest absolute Gasteiger partial charge is 0.305 e. The number of halogens is 3. The minimum Gasteiger partial charge on any atom is -0.298 e. The molecule has 0 spiro atoms. The Morgan fingerprint density at radius 3 is 2.76 bits per heavy atom. The first-order valence-corrected chi connectivity index (χ1v) is 6.79. The molecule has 0 atom stereocenters. The summed E-state index contributed by atoms with van der Waals surface area (Å²) in [4.78, 5) is 25.3. The van der Waals surface area contributed by atoms with Gasteiger partial charge in [0.2, 0.25) is 5.82 Å². The maximum Gasteiger partial charge on any atom is 0.305 e. The number of hydrogen-bond acceptors (Lipinski definition) is 5. The van der Waals surface area contributed by atoms with Crippen LogP contribution in [0.5, 0.6) is 0 Å². The van der Waals surface area contributed by atoms with Crippen molar-refractivity contribution in [3.05, 3.63) is 50.5 Å². The number of nitro benzene ring substituents is 1. The van der Waals surface area contributed by atoms with Gasteiger partial charge in [-0.2, -0.15) is 4.39 Å². The van der Waals surface area contributed by atoms with Crippen LogP contribution in [0.15, 0.2) is 17.5 Å². The van der Waals surface area contributed by atoms with E-state index in [1.165, 1.54) is 0 Å². The second-order valence-electron chi connectivity index (χ2n) is 3.74. The van der Waals surface area contributed by atoms with Gasteiger partial charge in [0.05, 0.1) is 16.5 Å². The van der Waals surface area contributed by atoms with Crippen molar-refractivity contribution < 1.29 is 18.5 Å². The zero-order chi connectivity index (χ0) is 15.6. The Bertz CT molecular complexity index is 723. The molecule has 10 heteroatoms. The van der Waals surface area contributed by atoms with E-state index >= 15 is 0 Å². The number of amides is 1. The topological polar surface area (TPSA) is 85.1 Å². The third kappa shape index (κ3) is 3.14. The molecule has 2 aromatic rings. The Labute approximate surface area is 125 Å². The monoisotopic (exact) mass is 333 g/mol. The summed E-state index contributed by atoms with van der Waals surface area (Å²) >= 11 is 6.55. The molecular weight excluding hydrogens is 328 g/mol. The minimum absolute atomic E-state index is 0.0842. The predicted molar refractivity (Wildman–Crippen MR) is 72.6 cm³/mol. The number of rotatable bonds is 4. The van der Waals surface area contributed by atoms with Crippen molar-refractivity contribution in [3.8, 4) is 0 Å². The number of carbonyl (C=O) groups excluding carboxylic acids is 1. The Balaban J connectivity index is 2.34. The van der Waals surface area contributed by atoms with Crippen molar-refractivity contribution in [3.63, 3.8) is 0 Å². The first-order chi connectivity index (χ1) is 9.93. The van der Waals surface area contributed by atoms with Crippen LogP contribution in [0.25, 0.3) is 0 Å². The lowest BCUT2D eigenvalue weighted by molar-refractivity contribution is -0.387. The highest BCUT2D eigenvalue weighted by Gasteiger charge is 2.26. The van der Waals surface area contributed by atoms with E-state index in [1.807, 2.05) is 0 Å². The number of anilines is 1. The molecular formula is C11H6ClF2N3O3S. The smallest absolute Gasteiger partial charge is 0.298 e. The molecule has 2 rings (SSSR count). The lowest BCUT2D eigenvalue weighted by atomic mass is 10.1. The lowest BCUT2D eigenvalue weighted by Crippen LogP contribution is -2.16. The third-order valence-electron chi connectivity index (χ3n) is 2.40. The van der Waals surface area contributed by atoms with Crippen LogP contribution in [0.3, 0.4) is 0 Å². The molecule has 1 heterocycles. The molecule has 110 valence electrons. The highest BCUT2D eigenvalue weighted by atomic mass is 35.5. The van der Waals surface area contributed by atoms with Gasteiger partial charge in [0.1, 0.15) is 11.4 Å². The number of carbonyl (C=O) groups is 1. The molecule has 6 nitrogen and oxygen atoms in total. The van der Waals surface area contributed by atoms with Crippen LogP contribution in [0.2, 0.25) is 0 Å². The van der Waals surface area contributed by atoms with Gasteiger partial charge in [-0.05, 0) is 6.07 Å². The van der Waals surface area contributed by atoms with Crippen molar-refractivity contribution in [2.45, 2.75) is 5.88 Å². The second kappa shape index (κ2) is 6.10. The average molecular weight is 334 g/mol. The Hall–Kier alpha value is -2.13. The molecule has 0 bridgehead atoms. The highest BCUT2D eigenvalue weighted by Crippen LogP contribution is 2.25. The van der Waals surface area contributed by atoms with E-state index in [2.05, 4.69) is 10.3 Å². The van der Waals surface area contributed by atoms with Crippen LogP contribution in [0.1, 0.15) is 16.1 Å². The molecule has 1 N–H and O–H groups in total. The summed E-state index contributed by atoms with van der Waals surface area (Å²) in [6.07, 6.45) is 0. The minimum atomic E-state index is -1.54. The molecule has 1 amide bonds. The summed E-state index contributed by atoms with van der Waals surface area (Å²) < 4.78 is 27.4. The standard InChI is InChI=1S/C11H6ClF2N3O3S/c12-3-5-4-21-11(15-5)16-10(18)8-6(13)1-2-7(9(8)14)17(19)20/h1-2,4H,3H2,(H,15,16,18). The maximum atomic E-state index is 13.8. The van der Waals surface area contributed by atoms with Gasteiger partial charge in [-0.15, -0.1) is 22.9 Å². The lowest BCUT2D eigenvalue weighted by Gasteiger charge is -2.05. The summed E-state index contributed by atoms with van der Waals surface area (Å²) in [6, 6.07) is 1.30. The van der Waals surface area contributed by atoms with E-state index in [0.717, 1.165) is 11.3 Å². The first-order valence-electron chi connectivity index (χ1n) is 5.38. The van der Waals surface area contributed by atoms with E-state index in [9.17, 15) is 23.7 Å². The van der Waals surface area contributed by atoms with Crippen molar-refractivity contribution in [1.82, 2.24) is 4.98 Å². The van der Waals surface area contributed by atoms with Gasteiger partial charge in [-0.1, -0.05) is 0 Å². The van der Waals surface area contributed by atoms with Crippen LogP contribution in [-0.4, -0.2) is 15.8 Å². The van der Waals surface area contributed by atoms with Gasteiger partial charge in [-0.3, -0.25) is 20.2 Å². The Kier molecular flexibility index (Phi) is 4.43. The number of nitrogens with zero attached hydrogens (tertiary/aromatic N) is 2. The molecule has 0 saturated heterocycles. The predicted octanol–water partition coefficient (Wildman–Crippen LogP) is 3.32. The molecule has 1 aromatic carbocycles. The van der Waals surface area contributed by atoms with E-state index < -0.39 is 33.7 Å². The van der Waals surface area contributed by atoms with Crippen molar-refractivity contribution in [2.75, 3.05) is 5.32 Å². The maximum absolute atomic E-state index is 13.8. The molecule has 21 heavy (non-hydrogen) atoms. The summed E-state index contributed by atoms with van der Waals surface area (Å²) in [5.41, 5.74) is -1.54. The van der Waals surface area contributed by atoms with E-state index in [0.29, 0.717) is 17.8 Å². The summed E-state index contributed by atoms with van der Waals surface area (Å²) in [7, 11) is 0. The number of alkyl halides is 1. The fourth-order valence-electron chi connectivity index (χ4n) is 1.48. The van der Waals surface area contributed by atoms with Crippen LogP contribution >= 0.6 is 22.9 Å². The summed E-state index contributed by atoms with van der Waals surface area (Å²) in [5.74, 6) is -3.79. The van der Waals surface area contributed by atoms with Gasteiger partial charge in [0, 0.05) is 11.4 Å². The van der Waals surface area contributed by atoms with Gasteiger partial charge in [-0.25, -0.2) is 9.37 Å². The SMILES string of the molecule is O=C(Nc1nc(CCl)cs1)c1c(F)ccc([N+](=O)[O-])c1F. The quantitative estimate of drug-likeness (QED) is 0.528. The molecule has 0 saturated carbocycles. The van der Waals surface area contributed by atoms with Gasteiger partial charge in [0.15, 0.2) is 5.13 Å². The molecule has 1 aromatic heterocycles. The number of aromatic nitrogens is 1. The Morgan fingerprint density at radius 1 is 1.48 bits per heavy atom. The zero-order valence-corrected chi connectivity index (χ0v) is 11.7. The van der Waals surface area contributed by atoms with E-state index in [4.69, 9.17) is 11.6 Å². The van der Waals surface area contributed by atoms with Gasteiger partial charge < -0.3 is 0 Å². The fraction of sp³-hybridized carbons (Fsp3) is 0.0909. The van der Waals surface area contributed by atoms with E-state index in [-0.39, 0.29) is 11.0 Å². The van der Waals surface area contributed by atoms with Crippen molar-refractivity contribution in [1.29, 1.82) is 0 Å². The molecule has 0 radical (unpaired) electrons. The van der Waals surface area contributed by atoms with Crippen LogP contribution in [-0.2, 0) is 5.88 Å². The van der Waals surface area contributed by atoms with Crippen molar-refractivity contribution in [2.24, 2.45) is 0 Å². The van der Waals surface area contributed by atoms with Gasteiger partial charge >= 0.3 is 5.69 Å². The number of nitrogens with one attached hydrogen (secondary N) is 1. The average Bonchev–Trinajstić information content (AvgIpc) is 2.85. The van der Waals surface area contributed by atoms with Crippen LogP contribution in [0.4, 0.5) is 19.6 Å². The molecule has 0 unspecified atom stereocenters. The van der Waals surface area contributed by atoms with Crippen LogP contribution < -0.4 is 5.32 Å². The van der Waals surface area contributed by atoms with Crippen molar-refractivity contribution >= 4 is 39.7 Å². The summed E-state index contributed by atoms with van der Waals surface area (Å²) in [5, 5.41) is 14.4. The number of nitro groups is 1. The number of hydrogen-bond donors (Lipinski definition) is 1. The first kappa shape index (κ1) is 15.3. The Morgan fingerprint density at radius 2 is 2.19 bits per heavy atom. The highest BCUT2D eigenvalue weighted by molar-refractivity contribution is 7.14. The molecule has 0 aliphatic rings. The molecule has 0 aliphatic carbocycles. The molecule has 0 fully saturated rings. The fourth-order valence-corrected chi connectivity index (χ4v) is 2.41. The van der Waals surface area contributed by atoms with Crippen LogP contribution in [0, 0.1) is 21.7 Å². The molecule has 0 aliphatic heterocycles. The summed E-state index contributed by atoms with van der Waals surface area (Å²) in [6.45, 7) is 0. The third-order valence-corrected chi connectivity index (χ3v) is 3.48. The number of benzene rings is 1. The zero-order valence-electron chi connectivity index (χ0n) is 10.1.